The average Bonchev–Trinajstić information content (AvgIpc) is 2.50. The quantitative estimate of drug-likeness (QED) is 0.836. The summed E-state index contributed by atoms with van der Waals surface area (Å²) < 4.78 is 0. The highest BCUT2D eigenvalue weighted by Crippen LogP contribution is 2.33. The van der Waals surface area contributed by atoms with Crippen molar-refractivity contribution in [2.45, 2.75) is 32.1 Å². The van der Waals surface area contributed by atoms with Crippen molar-refractivity contribution < 1.29 is 4.79 Å². The Balaban J connectivity index is 1.79. The number of allylic oxidation sites excluding steroid dienone is 3. The van der Waals surface area contributed by atoms with Gasteiger partial charge in [0.05, 0.1) is 0 Å². The van der Waals surface area contributed by atoms with Crippen LogP contribution in [0.15, 0.2) is 29.4 Å². The van der Waals surface area contributed by atoms with E-state index in [-0.39, 0.29) is 11.8 Å². The number of carbonyl (C=O) groups excluding carboxylic acids is 1. The Morgan fingerprint density at radius 3 is 3.00 bits per heavy atom. The number of primary amides is 1. The molecule has 0 heterocycles. The van der Waals surface area contributed by atoms with Crippen molar-refractivity contribution in [2.24, 2.45) is 11.7 Å². The fourth-order valence-electron chi connectivity index (χ4n) is 3.75. The molecule has 2 N–H and O–H groups in total. The van der Waals surface area contributed by atoms with Gasteiger partial charge in [-0.25, -0.2) is 0 Å². The highest BCUT2D eigenvalue weighted by atomic mass is 16.1. The molecular formula is C19H19NO. The molecule has 0 spiro atoms. The lowest BCUT2D eigenvalue weighted by atomic mass is 9.78. The molecule has 0 saturated carbocycles. The van der Waals surface area contributed by atoms with Gasteiger partial charge in [0.2, 0.25) is 5.91 Å². The Morgan fingerprint density at radius 1 is 1.24 bits per heavy atom. The van der Waals surface area contributed by atoms with Crippen LogP contribution in [0.5, 0.6) is 0 Å². The highest BCUT2D eigenvalue weighted by Gasteiger charge is 2.25. The van der Waals surface area contributed by atoms with Crippen LogP contribution >= 0.6 is 0 Å². The van der Waals surface area contributed by atoms with Crippen molar-refractivity contribution in [1.82, 2.24) is 0 Å². The first-order chi connectivity index (χ1) is 10.2. The normalized spacial score (nSPS) is 22.6. The van der Waals surface area contributed by atoms with E-state index in [2.05, 4.69) is 36.4 Å². The van der Waals surface area contributed by atoms with Gasteiger partial charge < -0.3 is 5.73 Å². The molecule has 3 aliphatic rings. The number of amides is 1. The average molecular weight is 277 g/mol. The summed E-state index contributed by atoms with van der Waals surface area (Å²) >= 11 is 0. The Labute approximate surface area is 124 Å². The monoisotopic (exact) mass is 277 g/mol. The van der Waals surface area contributed by atoms with E-state index in [4.69, 9.17) is 5.73 Å². The third-order valence-corrected chi connectivity index (χ3v) is 4.96. The van der Waals surface area contributed by atoms with Crippen LogP contribution in [0.4, 0.5) is 0 Å². The topological polar surface area (TPSA) is 43.1 Å². The molecule has 4 rings (SSSR count). The van der Waals surface area contributed by atoms with Crippen molar-refractivity contribution in [1.29, 1.82) is 0 Å². The van der Waals surface area contributed by atoms with Crippen LogP contribution in [0.3, 0.4) is 0 Å². The van der Waals surface area contributed by atoms with Gasteiger partial charge in [0.1, 0.15) is 0 Å². The second-order valence-electron chi connectivity index (χ2n) is 6.31. The first-order valence-corrected chi connectivity index (χ1v) is 7.72. The first kappa shape index (κ1) is 12.6. The van der Waals surface area contributed by atoms with E-state index in [1.54, 1.807) is 0 Å². The van der Waals surface area contributed by atoms with Crippen LogP contribution in [-0.2, 0) is 11.2 Å². The lowest BCUT2D eigenvalue weighted by Gasteiger charge is -2.27. The predicted molar refractivity (Wildman–Crippen MR) is 85.5 cm³/mol. The van der Waals surface area contributed by atoms with Crippen molar-refractivity contribution in [3.05, 3.63) is 50.9 Å². The number of benzene rings is 1. The van der Waals surface area contributed by atoms with E-state index in [0.29, 0.717) is 0 Å². The van der Waals surface area contributed by atoms with Gasteiger partial charge in [-0.05, 0) is 65.3 Å². The van der Waals surface area contributed by atoms with Gasteiger partial charge in [-0.3, -0.25) is 4.79 Å². The summed E-state index contributed by atoms with van der Waals surface area (Å²) in [4.78, 5) is 11.4. The fourth-order valence-corrected chi connectivity index (χ4v) is 3.75. The standard InChI is InChI=1S/C19H19NO/c20-19(21)15-6-5-14-9-17-7-12-3-1-2-4-13(12)8-18(17)11-16(14)10-15/h1,3-4,7-9,15H,2,5-6,10-11H2,(H2,20,21). The number of carbonyl (C=O) groups is 1. The Hall–Kier alpha value is -2.09. The predicted octanol–water partition coefficient (Wildman–Crippen LogP) is 1.80. The number of hydrogen-bond donors (Lipinski definition) is 1. The molecule has 0 saturated heterocycles. The molecule has 0 aliphatic heterocycles. The van der Waals surface area contributed by atoms with Crippen LogP contribution in [0.25, 0.3) is 18.2 Å². The maximum atomic E-state index is 11.4. The van der Waals surface area contributed by atoms with Gasteiger partial charge in [0.15, 0.2) is 0 Å². The smallest absolute Gasteiger partial charge is 0.220 e. The van der Waals surface area contributed by atoms with E-state index in [0.717, 1.165) is 32.1 Å². The second-order valence-corrected chi connectivity index (χ2v) is 6.31. The summed E-state index contributed by atoms with van der Waals surface area (Å²) in [5.74, 6) is -0.109. The Bertz CT molecular complexity index is 811. The summed E-state index contributed by atoms with van der Waals surface area (Å²) in [5, 5.41) is 2.70. The third-order valence-electron chi connectivity index (χ3n) is 4.96. The van der Waals surface area contributed by atoms with Crippen LogP contribution < -0.4 is 16.2 Å². The maximum absolute atomic E-state index is 11.4. The van der Waals surface area contributed by atoms with Gasteiger partial charge in [0.25, 0.3) is 0 Å². The minimum Gasteiger partial charge on any atom is -0.369 e. The first-order valence-electron chi connectivity index (χ1n) is 7.72. The van der Waals surface area contributed by atoms with Crippen molar-refractivity contribution in [3.63, 3.8) is 0 Å². The molecule has 0 fully saturated rings. The van der Waals surface area contributed by atoms with E-state index >= 15 is 0 Å². The summed E-state index contributed by atoms with van der Waals surface area (Å²) in [6, 6.07) is 4.63. The lowest BCUT2D eigenvalue weighted by molar-refractivity contribution is -0.122. The zero-order valence-electron chi connectivity index (χ0n) is 12.1. The molecule has 2 heteroatoms. The van der Waals surface area contributed by atoms with E-state index in [1.165, 1.54) is 32.7 Å². The van der Waals surface area contributed by atoms with Crippen molar-refractivity contribution in [2.75, 3.05) is 0 Å². The molecule has 21 heavy (non-hydrogen) atoms. The van der Waals surface area contributed by atoms with Crippen LogP contribution in [0.2, 0.25) is 0 Å². The number of rotatable bonds is 1. The van der Waals surface area contributed by atoms with E-state index in [1.807, 2.05) is 0 Å². The zero-order chi connectivity index (χ0) is 14.4. The molecule has 0 radical (unpaired) electrons. The minimum absolute atomic E-state index is 0.0332. The van der Waals surface area contributed by atoms with E-state index < -0.39 is 0 Å². The molecule has 1 aromatic rings. The third kappa shape index (κ3) is 2.15. The van der Waals surface area contributed by atoms with Crippen LogP contribution in [0.1, 0.15) is 36.8 Å². The minimum atomic E-state index is -0.142. The van der Waals surface area contributed by atoms with Gasteiger partial charge >= 0.3 is 0 Å². The molecule has 2 nitrogen and oxygen atoms in total. The molecule has 1 unspecified atom stereocenters. The molecule has 1 aromatic carbocycles. The number of fused-ring (bicyclic) bond motifs is 2. The molecule has 1 atom stereocenters. The zero-order valence-corrected chi connectivity index (χ0v) is 12.1. The SMILES string of the molecule is NC(=O)C1CCC2=C(Cc3cc4c(cc3=C2)C=CCC=4)C1. The summed E-state index contributed by atoms with van der Waals surface area (Å²) in [6.45, 7) is 0. The number of nitrogens with two attached hydrogens (primary N) is 1. The summed E-state index contributed by atoms with van der Waals surface area (Å²) in [7, 11) is 0. The Kier molecular flexibility index (Phi) is 2.85. The molecule has 0 bridgehead atoms. The van der Waals surface area contributed by atoms with Crippen molar-refractivity contribution in [3.8, 4) is 0 Å². The number of hydrogen-bond acceptors (Lipinski definition) is 1. The maximum Gasteiger partial charge on any atom is 0.220 e. The van der Waals surface area contributed by atoms with Gasteiger partial charge in [0, 0.05) is 5.92 Å². The lowest BCUT2D eigenvalue weighted by Crippen LogP contribution is -2.29. The molecule has 1 amide bonds. The summed E-state index contributed by atoms with van der Waals surface area (Å²) in [6.07, 6.45) is 13.8. The van der Waals surface area contributed by atoms with Gasteiger partial charge in [-0.1, -0.05) is 35.9 Å². The van der Waals surface area contributed by atoms with Crippen LogP contribution in [0, 0.1) is 5.92 Å². The summed E-state index contributed by atoms with van der Waals surface area (Å²) in [5.41, 5.74) is 11.1. The fraction of sp³-hybridized carbons (Fsp3) is 0.316. The molecule has 3 aliphatic carbocycles. The second kappa shape index (κ2) is 4.73. The highest BCUT2D eigenvalue weighted by molar-refractivity contribution is 5.78. The molecule has 106 valence electrons. The molecule has 0 aromatic heterocycles. The largest absolute Gasteiger partial charge is 0.369 e. The molecular weight excluding hydrogens is 258 g/mol. The van der Waals surface area contributed by atoms with Gasteiger partial charge in [-0.15, -0.1) is 0 Å². The Morgan fingerprint density at radius 2 is 2.14 bits per heavy atom. The van der Waals surface area contributed by atoms with Crippen molar-refractivity contribution >= 4 is 24.1 Å². The van der Waals surface area contributed by atoms with Gasteiger partial charge in [-0.2, -0.15) is 0 Å². The van der Waals surface area contributed by atoms with E-state index in [9.17, 15) is 4.79 Å². The van der Waals surface area contributed by atoms with Crippen LogP contribution in [-0.4, -0.2) is 5.91 Å².